The number of hydrazone groups is 1. The topological polar surface area (TPSA) is 71.4 Å². The number of piperidine rings is 1. The fourth-order valence-electron chi connectivity index (χ4n) is 5.10. The summed E-state index contributed by atoms with van der Waals surface area (Å²) in [4.78, 5) is 27.8. The second-order valence-corrected chi connectivity index (χ2v) is 9.63. The number of likely N-dealkylation sites (tertiary alicyclic amines) is 1. The summed E-state index contributed by atoms with van der Waals surface area (Å²) in [6.07, 6.45) is 2.09. The van der Waals surface area contributed by atoms with Gasteiger partial charge in [-0.2, -0.15) is 5.10 Å². The lowest BCUT2D eigenvalue weighted by Gasteiger charge is -2.32. The molecule has 1 fully saturated rings. The highest BCUT2D eigenvalue weighted by Gasteiger charge is 2.35. The maximum Gasteiger partial charge on any atom is 0.309 e. The number of hydrogen-bond donors (Lipinski definition) is 0. The summed E-state index contributed by atoms with van der Waals surface area (Å²) < 4.78 is 10.8. The Kier molecular flexibility index (Phi) is 8.41. The minimum atomic E-state index is -0.166. The summed E-state index contributed by atoms with van der Waals surface area (Å²) in [5.41, 5.74) is 5.42. The van der Waals surface area contributed by atoms with Crippen LogP contribution in [0, 0.1) is 19.8 Å². The molecular formula is C29H37N3O4. The molecule has 0 spiro atoms. The molecule has 4 rings (SSSR count). The number of amides is 1. The first-order valence-corrected chi connectivity index (χ1v) is 13.0. The Morgan fingerprint density at radius 2 is 1.72 bits per heavy atom. The van der Waals surface area contributed by atoms with Crippen LogP contribution in [-0.2, 0) is 14.3 Å². The van der Waals surface area contributed by atoms with Crippen LogP contribution in [0.25, 0.3) is 0 Å². The molecule has 192 valence electrons. The number of benzene rings is 2. The van der Waals surface area contributed by atoms with E-state index in [-0.39, 0.29) is 30.4 Å². The number of ether oxygens (including phenoxy) is 2. The molecule has 7 heteroatoms. The van der Waals surface area contributed by atoms with Gasteiger partial charge in [0.2, 0.25) is 0 Å². The van der Waals surface area contributed by atoms with Gasteiger partial charge in [-0.25, -0.2) is 5.01 Å². The average molecular weight is 492 g/mol. The Bertz CT molecular complexity index is 1100. The summed E-state index contributed by atoms with van der Waals surface area (Å²) in [6.45, 7) is 10.7. The van der Waals surface area contributed by atoms with Gasteiger partial charge in [-0.15, -0.1) is 0 Å². The molecule has 0 aliphatic carbocycles. The Hall–Kier alpha value is -3.19. The van der Waals surface area contributed by atoms with Crippen LogP contribution in [0.5, 0.6) is 5.75 Å². The van der Waals surface area contributed by atoms with E-state index >= 15 is 0 Å². The second kappa shape index (κ2) is 11.7. The highest BCUT2D eigenvalue weighted by atomic mass is 16.5. The molecule has 0 N–H and O–H groups in total. The Morgan fingerprint density at radius 3 is 2.36 bits per heavy atom. The molecule has 0 saturated carbocycles. The Balaban J connectivity index is 1.51. The molecule has 0 aromatic heterocycles. The van der Waals surface area contributed by atoms with Crippen LogP contribution in [0.15, 0.2) is 47.6 Å². The first kappa shape index (κ1) is 25.9. The molecule has 2 aromatic rings. The van der Waals surface area contributed by atoms with E-state index in [2.05, 4.69) is 36.9 Å². The summed E-state index contributed by atoms with van der Waals surface area (Å²) in [6, 6.07) is 14.2. The molecule has 36 heavy (non-hydrogen) atoms. The first-order valence-electron chi connectivity index (χ1n) is 13.0. The summed E-state index contributed by atoms with van der Waals surface area (Å²) in [5, 5.41) is 6.54. The highest BCUT2D eigenvalue weighted by Crippen LogP contribution is 2.34. The van der Waals surface area contributed by atoms with Gasteiger partial charge in [0, 0.05) is 12.0 Å². The van der Waals surface area contributed by atoms with E-state index in [1.165, 1.54) is 5.56 Å². The fourth-order valence-corrected chi connectivity index (χ4v) is 5.10. The molecule has 2 aliphatic heterocycles. The third-order valence-electron chi connectivity index (χ3n) is 7.00. The van der Waals surface area contributed by atoms with Crippen LogP contribution < -0.4 is 4.74 Å². The van der Waals surface area contributed by atoms with Gasteiger partial charge in [-0.1, -0.05) is 35.9 Å². The fraction of sp³-hybridized carbons (Fsp3) is 0.483. The second-order valence-electron chi connectivity index (χ2n) is 9.63. The van der Waals surface area contributed by atoms with Crippen molar-refractivity contribution in [2.45, 2.75) is 53.0 Å². The van der Waals surface area contributed by atoms with Crippen LogP contribution in [0.4, 0.5) is 0 Å². The van der Waals surface area contributed by atoms with Gasteiger partial charge in [-0.3, -0.25) is 14.5 Å². The largest absolute Gasteiger partial charge is 0.494 e. The molecule has 2 aliphatic rings. The molecule has 1 atom stereocenters. The van der Waals surface area contributed by atoms with Crippen LogP contribution >= 0.6 is 0 Å². The SMILES string of the molecule is CCOC(=O)C1CCN(CC(=O)N2N=C(c3ccc(C)cc3C)CC2c2ccc(OCC)cc2)CC1. The zero-order valence-corrected chi connectivity index (χ0v) is 21.8. The van der Waals surface area contributed by atoms with Crippen LogP contribution in [0.1, 0.15) is 61.4 Å². The zero-order chi connectivity index (χ0) is 25.7. The maximum atomic E-state index is 13.6. The number of aryl methyl sites for hydroxylation is 2. The summed E-state index contributed by atoms with van der Waals surface area (Å²) in [5.74, 6) is 0.593. The highest BCUT2D eigenvalue weighted by molar-refractivity contribution is 6.04. The van der Waals surface area contributed by atoms with Crippen molar-refractivity contribution in [3.8, 4) is 5.75 Å². The number of nitrogens with zero attached hydrogens (tertiary/aromatic N) is 3. The van der Waals surface area contributed by atoms with Crippen LogP contribution in [-0.4, -0.2) is 60.3 Å². The van der Waals surface area contributed by atoms with Crippen LogP contribution in [0.2, 0.25) is 0 Å². The van der Waals surface area contributed by atoms with Crippen molar-refractivity contribution >= 4 is 17.6 Å². The molecule has 1 amide bonds. The smallest absolute Gasteiger partial charge is 0.309 e. The summed E-state index contributed by atoms with van der Waals surface area (Å²) >= 11 is 0. The van der Waals surface area contributed by atoms with E-state index in [0.29, 0.717) is 45.6 Å². The standard InChI is InChI=1S/C29H37N3O4/c1-5-35-24-10-8-22(9-11-24)27-18-26(25-12-7-20(3)17-21(25)4)30-32(27)28(33)19-31-15-13-23(14-16-31)29(34)36-6-2/h7-12,17,23,27H,5-6,13-16,18-19H2,1-4H3. The average Bonchev–Trinajstić information content (AvgIpc) is 3.30. The molecule has 1 saturated heterocycles. The van der Waals surface area contributed by atoms with Crippen molar-refractivity contribution in [3.63, 3.8) is 0 Å². The van der Waals surface area contributed by atoms with Crippen molar-refractivity contribution in [2.75, 3.05) is 32.8 Å². The Morgan fingerprint density at radius 1 is 1.00 bits per heavy atom. The zero-order valence-electron chi connectivity index (χ0n) is 21.8. The summed E-state index contributed by atoms with van der Waals surface area (Å²) in [7, 11) is 0. The molecule has 0 radical (unpaired) electrons. The lowest BCUT2D eigenvalue weighted by Crippen LogP contribution is -2.43. The van der Waals surface area contributed by atoms with Crippen LogP contribution in [0.3, 0.4) is 0 Å². The van der Waals surface area contributed by atoms with Gasteiger partial charge in [0.15, 0.2) is 0 Å². The quantitative estimate of drug-likeness (QED) is 0.503. The molecule has 7 nitrogen and oxygen atoms in total. The molecular weight excluding hydrogens is 454 g/mol. The minimum Gasteiger partial charge on any atom is -0.494 e. The van der Waals surface area contributed by atoms with E-state index in [9.17, 15) is 9.59 Å². The van der Waals surface area contributed by atoms with Crippen molar-refractivity contribution < 1.29 is 19.1 Å². The third kappa shape index (κ3) is 5.95. The first-order chi connectivity index (χ1) is 17.4. The number of carbonyl (C=O) groups is 2. The monoisotopic (exact) mass is 491 g/mol. The van der Waals surface area contributed by atoms with Crippen molar-refractivity contribution in [1.82, 2.24) is 9.91 Å². The normalized spacial score (nSPS) is 18.7. The van der Waals surface area contributed by atoms with E-state index in [1.54, 1.807) is 5.01 Å². The maximum absolute atomic E-state index is 13.6. The van der Waals surface area contributed by atoms with Crippen molar-refractivity contribution in [2.24, 2.45) is 11.0 Å². The van der Waals surface area contributed by atoms with E-state index in [1.807, 2.05) is 38.1 Å². The predicted octanol–water partition coefficient (Wildman–Crippen LogP) is 4.65. The Labute approximate surface area is 214 Å². The molecule has 0 bridgehead atoms. The van der Waals surface area contributed by atoms with Gasteiger partial charge < -0.3 is 9.47 Å². The van der Waals surface area contributed by atoms with Gasteiger partial charge in [0.1, 0.15) is 5.75 Å². The lowest BCUT2D eigenvalue weighted by atomic mass is 9.95. The number of carbonyl (C=O) groups excluding carboxylic acids is 2. The van der Waals surface area contributed by atoms with E-state index in [0.717, 1.165) is 28.2 Å². The lowest BCUT2D eigenvalue weighted by molar-refractivity contribution is -0.149. The molecule has 2 heterocycles. The van der Waals surface area contributed by atoms with E-state index < -0.39 is 0 Å². The number of esters is 1. The van der Waals surface area contributed by atoms with Crippen molar-refractivity contribution in [1.29, 1.82) is 0 Å². The van der Waals surface area contributed by atoms with Gasteiger partial charge in [-0.05, 0) is 76.9 Å². The van der Waals surface area contributed by atoms with Gasteiger partial charge in [0.25, 0.3) is 5.91 Å². The molecule has 2 aromatic carbocycles. The number of hydrogen-bond acceptors (Lipinski definition) is 6. The van der Waals surface area contributed by atoms with Gasteiger partial charge >= 0.3 is 5.97 Å². The predicted molar refractivity (Wildman–Crippen MR) is 140 cm³/mol. The number of rotatable bonds is 8. The third-order valence-corrected chi connectivity index (χ3v) is 7.00. The minimum absolute atomic E-state index is 0.0248. The van der Waals surface area contributed by atoms with E-state index in [4.69, 9.17) is 14.6 Å². The van der Waals surface area contributed by atoms with Gasteiger partial charge in [0.05, 0.1) is 37.4 Å². The van der Waals surface area contributed by atoms with Crippen molar-refractivity contribution in [3.05, 3.63) is 64.7 Å². The molecule has 1 unspecified atom stereocenters.